The van der Waals surface area contributed by atoms with Crippen LogP contribution in [-0.4, -0.2) is 27.6 Å². The molecule has 0 aliphatic rings. The molecule has 2 N–H and O–H groups in total. The van der Waals surface area contributed by atoms with E-state index < -0.39 is 10.8 Å². The number of carbonyl (C=O) groups excluding carboxylic acids is 2. The normalized spacial score (nSPS) is 13.4. The van der Waals surface area contributed by atoms with E-state index in [0.717, 1.165) is 21.8 Å². The molecule has 0 saturated heterocycles. The van der Waals surface area contributed by atoms with Gasteiger partial charge in [-0.1, -0.05) is 12.1 Å². The number of halogens is 2. The van der Waals surface area contributed by atoms with Crippen molar-refractivity contribution in [2.24, 2.45) is 0 Å². The van der Waals surface area contributed by atoms with Gasteiger partial charge < -0.3 is 10.6 Å². The molecule has 3 aromatic rings. The summed E-state index contributed by atoms with van der Waals surface area (Å²) in [5, 5.41) is 6.15. The lowest BCUT2D eigenvalue weighted by molar-refractivity contribution is -0.116. The Hall–Kier alpha value is -2.37. The molecular weight excluding hydrogens is 373 g/mol. The van der Waals surface area contributed by atoms with Crippen LogP contribution in [0.4, 0.5) is 11.4 Å². The van der Waals surface area contributed by atoms with Crippen molar-refractivity contribution in [2.75, 3.05) is 10.6 Å². The number of hydrogen-bond acceptors (Lipinski definition) is 3. The zero-order valence-electron chi connectivity index (χ0n) is 14.2. The summed E-state index contributed by atoms with van der Waals surface area (Å²) < 4.78 is 0. The number of pyridine rings is 1. The van der Waals surface area contributed by atoms with Gasteiger partial charge in [-0.15, -0.1) is 23.2 Å². The number of fused-ring (bicyclic) bond motifs is 2. The molecule has 7 heteroatoms. The molecule has 2 amide bonds. The van der Waals surface area contributed by atoms with E-state index in [0.29, 0.717) is 11.4 Å². The summed E-state index contributed by atoms with van der Waals surface area (Å²) >= 11 is 11.6. The van der Waals surface area contributed by atoms with Gasteiger partial charge in [-0.05, 0) is 44.2 Å². The van der Waals surface area contributed by atoms with Crippen molar-refractivity contribution in [3.8, 4) is 0 Å². The maximum Gasteiger partial charge on any atom is 0.242 e. The predicted molar refractivity (Wildman–Crippen MR) is 107 cm³/mol. The molecule has 2 atom stereocenters. The first-order valence-electron chi connectivity index (χ1n) is 8.08. The van der Waals surface area contributed by atoms with Crippen LogP contribution in [-0.2, 0) is 9.59 Å². The van der Waals surface area contributed by atoms with Gasteiger partial charge in [0.05, 0.1) is 11.0 Å². The van der Waals surface area contributed by atoms with E-state index in [1.165, 1.54) is 0 Å². The molecular formula is C19H17Cl2N3O2. The summed E-state index contributed by atoms with van der Waals surface area (Å²) in [6, 6.07) is 13.0. The standard InChI is InChI=1S/C19H17Cl2N3O2/c1-10(20)18(25)22-14-5-3-12-7-13-4-6-15(23-19(26)11(2)21)9-17(13)24-16(12)8-14/h3-11H,1-2H3,(H,22,25)(H,23,26). The topological polar surface area (TPSA) is 71.1 Å². The van der Waals surface area contributed by atoms with Crippen LogP contribution < -0.4 is 10.6 Å². The Labute approximate surface area is 160 Å². The number of nitrogens with zero attached hydrogens (tertiary/aromatic N) is 1. The number of carbonyl (C=O) groups is 2. The van der Waals surface area contributed by atoms with Crippen molar-refractivity contribution in [3.63, 3.8) is 0 Å². The number of aromatic nitrogens is 1. The van der Waals surface area contributed by atoms with Crippen molar-refractivity contribution in [1.29, 1.82) is 0 Å². The fourth-order valence-corrected chi connectivity index (χ4v) is 2.57. The molecule has 2 unspecified atom stereocenters. The second-order valence-electron chi connectivity index (χ2n) is 6.01. The molecule has 134 valence electrons. The van der Waals surface area contributed by atoms with Crippen LogP contribution in [0.15, 0.2) is 42.5 Å². The second kappa shape index (κ2) is 7.48. The first-order valence-corrected chi connectivity index (χ1v) is 8.95. The number of amides is 2. The molecule has 0 fully saturated rings. The molecule has 1 heterocycles. The number of rotatable bonds is 4. The minimum absolute atomic E-state index is 0.271. The van der Waals surface area contributed by atoms with E-state index in [4.69, 9.17) is 23.2 Å². The molecule has 0 aliphatic heterocycles. The zero-order valence-corrected chi connectivity index (χ0v) is 15.7. The van der Waals surface area contributed by atoms with Gasteiger partial charge in [-0.25, -0.2) is 4.98 Å². The highest BCUT2D eigenvalue weighted by molar-refractivity contribution is 6.32. The summed E-state index contributed by atoms with van der Waals surface area (Å²) in [4.78, 5) is 28.1. The third kappa shape index (κ3) is 4.06. The number of hydrogen-bond donors (Lipinski definition) is 2. The van der Waals surface area contributed by atoms with Crippen molar-refractivity contribution in [2.45, 2.75) is 24.6 Å². The lowest BCUT2D eigenvalue weighted by Crippen LogP contribution is -2.20. The van der Waals surface area contributed by atoms with Crippen molar-refractivity contribution >= 4 is 68.2 Å². The fourth-order valence-electron chi connectivity index (χ4n) is 2.46. The highest BCUT2D eigenvalue weighted by Crippen LogP contribution is 2.25. The summed E-state index contributed by atoms with van der Waals surface area (Å²) in [7, 11) is 0. The lowest BCUT2D eigenvalue weighted by atomic mass is 10.1. The first-order chi connectivity index (χ1) is 12.3. The van der Waals surface area contributed by atoms with E-state index in [2.05, 4.69) is 15.6 Å². The van der Waals surface area contributed by atoms with Gasteiger partial charge in [0.2, 0.25) is 11.8 Å². The van der Waals surface area contributed by atoms with Crippen molar-refractivity contribution in [3.05, 3.63) is 42.5 Å². The molecule has 26 heavy (non-hydrogen) atoms. The predicted octanol–water partition coefficient (Wildman–Crippen LogP) is 4.52. The zero-order chi connectivity index (χ0) is 18.8. The fraction of sp³-hybridized carbons (Fsp3) is 0.211. The Morgan fingerprint density at radius 1 is 0.808 bits per heavy atom. The highest BCUT2D eigenvalue weighted by Gasteiger charge is 2.11. The van der Waals surface area contributed by atoms with Crippen molar-refractivity contribution in [1.82, 2.24) is 4.98 Å². The SMILES string of the molecule is CC(Cl)C(=O)Nc1ccc2cc3ccc(NC(=O)C(C)Cl)cc3nc2c1. The van der Waals surface area contributed by atoms with Crippen LogP contribution in [0.5, 0.6) is 0 Å². The first kappa shape index (κ1) is 18.4. The number of nitrogens with one attached hydrogen (secondary N) is 2. The maximum absolute atomic E-state index is 11.7. The summed E-state index contributed by atoms with van der Waals surface area (Å²) in [5.41, 5.74) is 2.71. The molecule has 0 spiro atoms. The average Bonchev–Trinajstić information content (AvgIpc) is 2.59. The molecule has 0 radical (unpaired) electrons. The molecule has 0 bridgehead atoms. The van der Waals surface area contributed by atoms with Crippen LogP contribution in [0.3, 0.4) is 0 Å². The van der Waals surface area contributed by atoms with Gasteiger partial charge in [-0.2, -0.15) is 0 Å². The van der Waals surface area contributed by atoms with Crippen molar-refractivity contribution < 1.29 is 9.59 Å². The van der Waals surface area contributed by atoms with Crippen LogP contribution in [0.1, 0.15) is 13.8 Å². The van der Waals surface area contributed by atoms with Gasteiger partial charge in [0.25, 0.3) is 0 Å². The minimum Gasteiger partial charge on any atom is -0.325 e. The Bertz CT molecular complexity index is 926. The quantitative estimate of drug-likeness (QED) is 0.508. The molecule has 0 aliphatic carbocycles. The van der Waals surface area contributed by atoms with Gasteiger partial charge in [-0.3, -0.25) is 9.59 Å². The molecule has 1 aromatic heterocycles. The summed E-state index contributed by atoms with van der Waals surface area (Å²) in [5.74, 6) is -0.543. The molecule has 2 aromatic carbocycles. The Morgan fingerprint density at radius 2 is 1.23 bits per heavy atom. The van der Waals surface area contributed by atoms with Gasteiger partial charge in [0, 0.05) is 22.1 Å². The van der Waals surface area contributed by atoms with Gasteiger partial charge in [0.15, 0.2) is 0 Å². The molecule has 5 nitrogen and oxygen atoms in total. The van der Waals surface area contributed by atoms with Crippen LogP contribution in [0, 0.1) is 0 Å². The Balaban J connectivity index is 1.97. The average molecular weight is 390 g/mol. The van der Waals surface area contributed by atoms with Crippen LogP contribution in [0.2, 0.25) is 0 Å². The monoisotopic (exact) mass is 389 g/mol. The number of anilines is 2. The lowest BCUT2D eigenvalue weighted by Gasteiger charge is -2.10. The Morgan fingerprint density at radius 3 is 1.62 bits per heavy atom. The maximum atomic E-state index is 11.7. The summed E-state index contributed by atoms with van der Waals surface area (Å²) in [6.07, 6.45) is 0. The van der Waals surface area contributed by atoms with E-state index in [1.807, 2.05) is 30.3 Å². The van der Waals surface area contributed by atoms with E-state index in [1.54, 1.807) is 26.0 Å². The van der Waals surface area contributed by atoms with Crippen LogP contribution >= 0.6 is 23.2 Å². The largest absolute Gasteiger partial charge is 0.325 e. The highest BCUT2D eigenvalue weighted by atomic mass is 35.5. The number of benzene rings is 2. The third-order valence-corrected chi connectivity index (χ3v) is 4.27. The minimum atomic E-state index is -0.620. The van der Waals surface area contributed by atoms with Gasteiger partial charge >= 0.3 is 0 Å². The smallest absolute Gasteiger partial charge is 0.242 e. The molecule has 3 rings (SSSR count). The van der Waals surface area contributed by atoms with E-state index in [-0.39, 0.29) is 11.8 Å². The van der Waals surface area contributed by atoms with Crippen LogP contribution in [0.25, 0.3) is 21.8 Å². The molecule has 0 saturated carbocycles. The van der Waals surface area contributed by atoms with E-state index in [9.17, 15) is 9.59 Å². The van der Waals surface area contributed by atoms with Gasteiger partial charge in [0.1, 0.15) is 10.8 Å². The van der Waals surface area contributed by atoms with E-state index >= 15 is 0 Å². The number of alkyl halides is 2. The Kier molecular flexibility index (Phi) is 5.30. The summed E-state index contributed by atoms with van der Waals surface area (Å²) in [6.45, 7) is 3.22. The second-order valence-corrected chi connectivity index (χ2v) is 7.32. The third-order valence-electron chi connectivity index (χ3n) is 3.87.